The van der Waals surface area contributed by atoms with E-state index in [0.717, 1.165) is 16.9 Å². The number of benzene rings is 1. The highest BCUT2D eigenvalue weighted by Crippen LogP contribution is 2.28. The van der Waals surface area contributed by atoms with E-state index < -0.39 is 0 Å². The van der Waals surface area contributed by atoms with Crippen LogP contribution in [-0.4, -0.2) is 33.5 Å². The Morgan fingerprint density at radius 1 is 1.29 bits per heavy atom. The van der Waals surface area contributed by atoms with Gasteiger partial charge in [0.15, 0.2) is 0 Å². The van der Waals surface area contributed by atoms with E-state index in [-0.39, 0.29) is 12.5 Å². The molecule has 0 saturated heterocycles. The lowest BCUT2D eigenvalue weighted by Gasteiger charge is -2.06. The van der Waals surface area contributed by atoms with Crippen LogP contribution in [0.3, 0.4) is 0 Å². The lowest BCUT2D eigenvalue weighted by atomic mass is 10.1. The van der Waals surface area contributed by atoms with Gasteiger partial charge in [0.1, 0.15) is 6.61 Å². The molecule has 1 N–H and O–H groups in total. The number of nitrogens with zero attached hydrogens (tertiary/aromatic N) is 3. The maximum atomic E-state index is 11.8. The Balaban J connectivity index is 1.39. The quantitative estimate of drug-likeness (QED) is 0.758. The first-order valence-corrected chi connectivity index (χ1v) is 8.06. The van der Waals surface area contributed by atoms with Crippen molar-refractivity contribution in [2.24, 2.45) is 5.92 Å². The standard InChI is InChI=1S/C18H18N4O2/c23-17(12-24-11-13-2-3-13)20-15-6-4-14(5-7-15)16-10-22-9-1-8-19-18(22)21-16/h1,4-10,13H,2-3,11-12H2,(H,20,23). The summed E-state index contributed by atoms with van der Waals surface area (Å²) >= 11 is 0. The molecule has 24 heavy (non-hydrogen) atoms. The largest absolute Gasteiger partial charge is 0.371 e. The van der Waals surface area contributed by atoms with E-state index >= 15 is 0 Å². The van der Waals surface area contributed by atoms with Crippen LogP contribution in [0.1, 0.15) is 12.8 Å². The molecular formula is C18H18N4O2. The first kappa shape index (κ1) is 14.8. The molecule has 2 heterocycles. The summed E-state index contributed by atoms with van der Waals surface area (Å²) in [6, 6.07) is 9.46. The average Bonchev–Trinajstić information content (AvgIpc) is 3.31. The van der Waals surface area contributed by atoms with Crippen LogP contribution >= 0.6 is 0 Å². The van der Waals surface area contributed by atoms with Gasteiger partial charge in [-0.25, -0.2) is 9.97 Å². The van der Waals surface area contributed by atoms with Crippen molar-refractivity contribution in [2.75, 3.05) is 18.5 Å². The minimum absolute atomic E-state index is 0.107. The number of hydrogen-bond donors (Lipinski definition) is 1. The number of nitrogens with one attached hydrogen (secondary N) is 1. The zero-order valence-electron chi connectivity index (χ0n) is 13.2. The second kappa shape index (κ2) is 6.41. The second-order valence-corrected chi connectivity index (χ2v) is 6.04. The molecule has 6 nitrogen and oxygen atoms in total. The van der Waals surface area contributed by atoms with Gasteiger partial charge in [-0.3, -0.25) is 9.20 Å². The number of aromatic nitrogens is 3. The Morgan fingerprint density at radius 2 is 2.12 bits per heavy atom. The van der Waals surface area contributed by atoms with Crippen LogP contribution < -0.4 is 5.32 Å². The number of hydrogen-bond acceptors (Lipinski definition) is 4. The van der Waals surface area contributed by atoms with Crippen molar-refractivity contribution in [1.82, 2.24) is 14.4 Å². The number of imidazole rings is 1. The molecule has 1 aliphatic rings. The van der Waals surface area contributed by atoms with Crippen LogP contribution in [0.4, 0.5) is 5.69 Å². The first-order valence-electron chi connectivity index (χ1n) is 8.06. The third kappa shape index (κ3) is 3.44. The van der Waals surface area contributed by atoms with Crippen molar-refractivity contribution in [1.29, 1.82) is 0 Å². The lowest BCUT2D eigenvalue weighted by Crippen LogP contribution is -2.18. The predicted molar refractivity (Wildman–Crippen MR) is 90.6 cm³/mol. The molecule has 0 radical (unpaired) electrons. The van der Waals surface area contributed by atoms with Gasteiger partial charge in [0.05, 0.1) is 12.3 Å². The van der Waals surface area contributed by atoms with Crippen molar-refractivity contribution in [3.8, 4) is 11.3 Å². The Bertz CT molecular complexity index is 820. The molecule has 0 aliphatic heterocycles. The van der Waals surface area contributed by atoms with E-state index in [1.807, 2.05) is 47.1 Å². The van der Waals surface area contributed by atoms with Gasteiger partial charge in [-0.05, 0) is 37.0 Å². The van der Waals surface area contributed by atoms with E-state index in [4.69, 9.17) is 4.74 Å². The van der Waals surface area contributed by atoms with Crippen LogP contribution in [0.15, 0.2) is 48.9 Å². The lowest BCUT2D eigenvalue weighted by molar-refractivity contribution is -0.120. The first-order chi connectivity index (χ1) is 11.8. The Labute approximate surface area is 139 Å². The van der Waals surface area contributed by atoms with E-state index in [2.05, 4.69) is 15.3 Å². The van der Waals surface area contributed by atoms with Crippen molar-refractivity contribution in [2.45, 2.75) is 12.8 Å². The summed E-state index contributed by atoms with van der Waals surface area (Å²) in [4.78, 5) is 20.5. The maximum Gasteiger partial charge on any atom is 0.250 e. The molecule has 0 atom stereocenters. The molecule has 1 amide bonds. The monoisotopic (exact) mass is 322 g/mol. The summed E-state index contributed by atoms with van der Waals surface area (Å²) in [5, 5.41) is 2.84. The maximum absolute atomic E-state index is 11.8. The zero-order chi connectivity index (χ0) is 16.4. The fraction of sp³-hybridized carbons (Fsp3) is 0.278. The molecule has 3 aromatic rings. The van der Waals surface area contributed by atoms with Gasteiger partial charge in [0.2, 0.25) is 11.7 Å². The molecule has 1 fully saturated rings. The van der Waals surface area contributed by atoms with Gasteiger partial charge < -0.3 is 10.1 Å². The number of ether oxygens (including phenoxy) is 1. The van der Waals surface area contributed by atoms with Crippen LogP contribution in [0, 0.1) is 5.92 Å². The Kier molecular flexibility index (Phi) is 3.96. The molecule has 4 rings (SSSR count). The summed E-state index contributed by atoms with van der Waals surface area (Å²) in [6.45, 7) is 0.796. The highest BCUT2D eigenvalue weighted by atomic mass is 16.5. The van der Waals surface area contributed by atoms with Crippen molar-refractivity contribution in [3.63, 3.8) is 0 Å². The molecule has 1 saturated carbocycles. The minimum atomic E-state index is -0.125. The molecule has 2 aromatic heterocycles. The summed E-state index contributed by atoms with van der Waals surface area (Å²) in [5.41, 5.74) is 2.57. The number of fused-ring (bicyclic) bond motifs is 1. The van der Waals surface area contributed by atoms with Crippen molar-refractivity contribution < 1.29 is 9.53 Å². The van der Waals surface area contributed by atoms with Crippen molar-refractivity contribution >= 4 is 17.4 Å². The molecular weight excluding hydrogens is 304 g/mol. The fourth-order valence-corrected chi connectivity index (χ4v) is 2.49. The van der Waals surface area contributed by atoms with Crippen LogP contribution in [0.2, 0.25) is 0 Å². The molecule has 1 aliphatic carbocycles. The summed E-state index contributed by atoms with van der Waals surface area (Å²) in [5.74, 6) is 1.20. The van der Waals surface area contributed by atoms with Crippen LogP contribution in [-0.2, 0) is 9.53 Å². The van der Waals surface area contributed by atoms with Crippen LogP contribution in [0.25, 0.3) is 17.0 Å². The SMILES string of the molecule is O=C(COCC1CC1)Nc1ccc(-c2cn3cccnc3n2)cc1. The summed E-state index contributed by atoms with van der Waals surface area (Å²) in [6.07, 6.45) is 8.01. The van der Waals surface area contributed by atoms with Gasteiger partial charge in [0.25, 0.3) is 0 Å². The minimum Gasteiger partial charge on any atom is -0.371 e. The highest BCUT2D eigenvalue weighted by molar-refractivity contribution is 5.91. The van der Waals surface area contributed by atoms with Gasteiger partial charge >= 0.3 is 0 Å². The summed E-state index contributed by atoms with van der Waals surface area (Å²) in [7, 11) is 0. The van der Waals surface area contributed by atoms with Crippen LogP contribution in [0.5, 0.6) is 0 Å². The Morgan fingerprint density at radius 3 is 2.88 bits per heavy atom. The zero-order valence-corrected chi connectivity index (χ0v) is 13.2. The normalized spacial score (nSPS) is 14.0. The topological polar surface area (TPSA) is 68.5 Å². The number of carbonyl (C=O) groups is 1. The predicted octanol–water partition coefficient (Wildman–Crippen LogP) is 2.76. The van der Waals surface area contributed by atoms with E-state index in [9.17, 15) is 4.79 Å². The molecule has 122 valence electrons. The van der Waals surface area contributed by atoms with E-state index in [1.54, 1.807) is 6.20 Å². The van der Waals surface area contributed by atoms with E-state index in [0.29, 0.717) is 18.3 Å². The van der Waals surface area contributed by atoms with Gasteiger partial charge in [0, 0.05) is 29.8 Å². The molecule has 1 aromatic carbocycles. The number of anilines is 1. The fourth-order valence-electron chi connectivity index (χ4n) is 2.49. The second-order valence-electron chi connectivity index (χ2n) is 6.04. The number of amides is 1. The molecule has 0 unspecified atom stereocenters. The van der Waals surface area contributed by atoms with Gasteiger partial charge in [-0.15, -0.1) is 0 Å². The molecule has 0 bridgehead atoms. The van der Waals surface area contributed by atoms with Crippen molar-refractivity contribution in [3.05, 3.63) is 48.9 Å². The smallest absolute Gasteiger partial charge is 0.250 e. The van der Waals surface area contributed by atoms with E-state index in [1.165, 1.54) is 12.8 Å². The molecule has 6 heteroatoms. The summed E-state index contributed by atoms with van der Waals surface area (Å²) < 4.78 is 7.26. The van der Waals surface area contributed by atoms with Gasteiger partial charge in [-0.1, -0.05) is 12.1 Å². The highest BCUT2D eigenvalue weighted by Gasteiger charge is 2.21. The third-order valence-corrected chi connectivity index (χ3v) is 3.98. The Hall–Kier alpha value is -2.73. The number of rotatable bonds is 6. The third-order valence-electron chi connectivity index (χ3n) is 3.98. The number of carbonyl (C=O) groups excluding carboxylic acids is 1. The van der Waals surface area contributed by atoms with Gasteiger partial charge in [-0.2, -0.15) is 0 Å². The molecule has 0 spiro atoms. The average molecular weight is 322 g/mol.